The molecule has 2 N–H and O–H groups in total. The van der Waals surface area contributed by atoms with E-state index in [0.717, 1.165) is 6.07 Å². The largest absolute Gasteiger partial charge is 0.356 e. The fraction of sp³-hybridized carbons (Fsp3) is 0.588. The van der Waals surface area contributed by atoms with Gasteiger partial charge >= 0.3 is 0 Å². The third-order valence-electron chi connectivity index (χ3n) is 4.45. The van der Waals surface area contributed by atoms with Gasteiger partial charge in [0, 0.05) is 31.5 Å². The number of hydrogen-bond donors (Lipinski definition) is 2. The number of ether oxygens (including phenoxy) is 1. The van der Waals surface area contributed by atoms with Crippen LogP contribution in [-0.4, -0.2) is 54.8 Å². The van der Waals surface area contributed by atoms with Crippen molar-refractivity contribution in [3.8, 4) is 0 Å². The van der Waals surface area contributed by atoms with Crippen LogP contribution in [0.4, 0.5) is 10.1 Å². The number of aliphatic hydroxyl groups excluding tert-OH is 1. The van der Waals surface area contributed by atoms with Crippen molar-refractivity contribution in [2.24, 2.45) is 0 Å². The highest BCUT2D eigenvalue weighted by Crippen LogP contribution is 2.34. The topological polar surface area (TPSA) is 114 Å². The zero-order chi connectivity index (χ0) is 20.7. The van der Waals surface area contributed by atoms with Crippen LogP contribution in [0.1, 0.15) is 32.9 Å². The summed E-state index contributed by atoms with van der Waals surface area (Å²) >= 11 is 0. The molecule has 11 heteroatoms. The number of aromatic nitrogens is 1. The monoisotopic (exact) mass is 417 g/mol. The average molecular weight is 417 g/mol. The van der Waals surface area contributed by atoms with Crippen molar-refractivity contribution in [3.05, 3.63) is 23.6 Å². The molecule has 28 heavy (non-hydrogen) atoms. The fourth-order valence-corrected chi connectivity index (χ4v) is 5.16. The van der Waals surface area contributed by atoms with Crippen LogP contribution in [0, 0.1) is 5.82 Å². The minimum Gasteiger partial charge on any atom is -0.356 e. The summed E-state index contributed by atoms with van der Waals surface area (Å²) in [6.45, 7) is 5.53. The first-order chi connectivity index (χ1) is 13.0. The van der Waals surface area contributed by atoms with Crippen molar-refractivity contribution in [1.82, 2.24) is 10.2 Å². The maximum absolute atomic E-state index is 14.2. The van der Waals surface area contributed by atoms with Crippen molar-refractivity contribution in [3.63, 3.8) is 0 Å². The first-order valence-corrected chi connectivity index (χ1v) is 10.5. The second kappa shape index (κ2) is 7.56. The van der Waals surface area contributed by atoms with E-state index in [1.165, 1.54) is 11.1 Å². The number of fused-ring (bicyclic) bond motifs is 1. The number of anilines is 1. The third kappa shape index (κ3) is 4.28. The Hall–Kier alpha value is -1.79. The van der Waals surface area contributed by atoms with Gasteiger partial charge in [0.05, 0.1) is 17.0 Å². The van der Waals surface area contributed by atoms with Crippen LogP contribution in [0.25, 0.3) is 11.0 Å². The summed E-state index contributed by atoms with van der Waals surface area (Å²) < 4.78 is 50.0. The van der Waals surface area contributed by atoms with Gasteiger partial charge in [0.25, 0.3) is 0 Å². The molecule has 1 aliphatic heterocycles. The molecular weight excluding hydrogens is 393 g/mol. The van der Waals surface area contributed by atoms with Gasteiger partial charge in [-0.05, 0) is 26.8 Å². The van der Waals surface area contributed by atoms with Crippen LogP contribution in [0.2, 0.25) is 0 Å². The quantitative estimate of drug-likeness (QED) is 0.653. The molecule has 0 saturated carbocycles. The first kappa shape index (κ1) is 20.9. The molecule has 1 aliphatic rings. The Labute approximate surface area is 162 Å². The van der Waals surface area contributed by atoms with Crippen molar-refractivity contribution in [1.29, 1.82) is 0 Å². The molecule has 9 nitrogen and oxygen atoms in total. The van der Waals surface area contributed by atoms with E-state index in [0.29, 0.717) is 11.8 Å². The maximum atomic E-state index is 14.2. The molecule has 3 rings (SSSR count). The normalized spacial score (nSPS) is 21.3. The van der Waals surface area contributed by atoms with Crippen molar-refractivity contribution in [2.45, 2.75) is 50.3 Å². The molecule has 1 aromatic heterocycles. The van der Waals surface area contributed by atoms with Gasteiger partial charge in [0.1, 0.15) is 16.9 Å². The van der Waals surface area contributed by atoms with Gasteiger partial charge in [0.15, 0.2) is 15.4 Å². The van der Waals surface area contributed by atoms with Crippen LogP contribution < -0.4 is 5.32 Å². The van der Waals surface area contributed by atoms with E-state index in [4.69, 9.17) is 14.1 Å². The molecule has 2 atom stereocenters. The predicted octanol–water partition coefficient (Wildman–Crippen LogP) is 1.98. The smallest absolute Gasteiger partial charge is 0.235 e. The number of rotatable bonds is 7. The standard InChI is InChI=1S/C17H24FN3O6S/c1-5-25-16(22)19-12-6-10-13(20-26-14(10)7-11(12)18)9-28(23,24)15-8-17(2,3)27-21(15)4/h6-7,15-16,19,22H,5,8-9H2,1-4H3. The van der Waals surface area contributed by atoms with Crippen LogP contribution in [0.5, 0.6) is 0 Å². The highest BCUT2D eigenvalue weighted by molar-refractivity contribution is 7.91. The Bertz CT molecular complexity index is 961. The maximum Gasteiger partial charge on any atom is 0.235 e. The predicted molar refractivity (Wildman–Crippen MR) is 99.2 cm³/mol. The molecule has 2 heterocycles. The van der Waals surface area contributed by atoms with Gasteiger partial charge < -0.3 is 19.7 Å². The van der Waals surface area contributed by atoms with E-state index in [2.05, 4.69) is 10.5 Å². The van der Waals surface area contributed by atoms with Crippen LogP contribution in [0.3, 0.4) is 0 Å². The Morgan fingerprint density at radius 2 is 2.21 bits per heavy atom. The number of hydroxylamine groups is 2. The lowest BCUT2D eigenvalue weighted by molar-refractivity contribution is -0.168. The van der Waals surface area contributed by atoms with Gasteiger partial charge in [0.2, 0.25) is 6.41 Å². The Kier molecular flexibility index (Phi) is 5.65. The number of hydrogen-bond acceptors (Lipinski definition) is 9. The summed E-state index contributed by atoms with van der Waals surface area (Å²) in [5.41, 5.74) is -0.385. The Morgan fingerprint density at radius 1 is 1.50 bits per heavy atom. The molecule has 0 bridgehead atoms. The van der Waals surface area contributed by atoms with Crippen molar-refractivity contribution in [2.75, 3.05) is 19.0 Å². The molecule has 0 aliphatic carbocycles. The number of halogens is 1. The molecule has 2 unspecified atom stereocenters. The molecule has 1 saturated heterocycles. The SMILES string of the molecule is CCOC(O)Nc1cc2c(CS(=O)(=O)C3CC(C)(C)ON3C)noc2cc1F. The number of nitrogens with one attached hydrogen (secondary N) is 1. The molecule has 1 fully saturated rings. The summed E-state index contributed by atoms with van der Waals surface area (Å²) in [6, 6.07) is 2.42. The van der Waals surface area contributed by atoms with E-state index in [1.807, 2.05) is 13.8 Å². The zero-order valence-corrected chi connectivity index (χ0v) is 16.9. The fourth-order valence-electron chi connectivity index (χ4n) is 3.23. The second-order valence-electron chi connectivity index (χ2n) is 7.27. The molecule has 2 aromatic rings. The number of nitrogens with zero attached hydrogens (tertiary/aromatic N) is 2. The van der Waals surface area contributed by atoms with E-state index in [9.17, 15) is 17.9 Å². The lowest BCUT2D eigenvalue weighted by Gasteiger charge is -2.18. The summed E-state index contributed by atoms with van der Waals surface area (Å²) in [5.74, 6) is -1.09. The van der Waals surface area contributed by atoms with Gasteiger partial charge in [-0.25, -0.2) is 12.8 Å². The third-order valence-corrected chi connectivity index (χ3v) is 6.42. The molecule has 0 spiro atoms. The van der Waals surface area contributed by atoms with E-state index in [-0.39, 0.29) is 23.6 Å². The average Bonchev–Trinajstić information content (AvgIpc) is 3.07. The van der Waals surface area contributed by atoms with Crippen molar-refractivity contribution < 1.29 is 32.0 Å². The van der Waals surface area contributed by atoms with E-state index < -0.39 is 38.8 Å². The lowest BCUT2D eigenvalue weighted by Crippen LogP contribution is -2.33. The summed E-state index contributed by atoms with van der Waals surface area (Å²) in [6.07, 6.45) is -1.10. The minimum absolute atomic E-state index is 0.0576. The molecule has 156 valence electrons. The Balaban J connectivity index is 1.89. The van der Waals surface area contributed by atoms with Crippen molar-refractivity contribution >= 4 is 26.5 Å². The number of aliphatic hydroxyl groups is 1. The zero-order valence-electron chi connectivity index (χ0n) is 16.1. The minimum atomic E-state index is -3.66. The van der Waals surface area contributed by atoms with Crippen LogP contribution in [-0.2, 0) is 25.2 Å². The molecular formula is C17H24FN3O6S. The van der Waals surface area contributed by atoms with Gasteiger partial charge in [-0.15, -0.1) is 0 Å². The van der Waals surface area contributed by atoms with Gasteiger partial charge in [-0.1, -0.05) is 5.16 Å². The van der Waals surface area contributed by atoms with E-state index >= 15 is 0 Å². The summed E-state index contributed by atoms with van der Waals surface area (Å²) in [4.78, 5) is 5.56. The van der Waals surface area contributed by atoms with Gasteiger partial charge in [-0.3, -0.25) is 4.84 Å². The highest BCUT2D eigenvalue weighted by Gasteiger charge is 2.44. The molecule has 1 aromatic carbocycles. The highest BCUT2D eigenvalue weighted by atomic mass is 32.2. The Morgan fingerprint density at radius 3 is 2.82 bits per heavy atom. The molecule has 0 amide bonds. The van der Waals surface area contributed by atoms with Crippen LogP contribution >= 0.6 is 0 Å². The first-order valence-electron chi connectivity index (χ1n) is 8.80. The number of sulfone groups is 1. The summed E-state index contributed by atoms with van der Waals surface area (Å²) in [7, 11) is -2.09. The second-order valence-corrected chi connectivity index (χ2v) is 9.43. The molecule has 0 radical (unpaired) electrons. The van der Waals surface area contributed by atoms with E-state index in [1.54, 1.807) is 14.0 Å². The van der Waals surface area contributed by atoms with Crippen LogP contribution in [0.15, 0.2) is 16.7 Å². The number of benzene rings is 1. The lowest BCUT2D eigenvalue weighted by atomic mass is 10.1. The summed E-state index contributed by atoms with van der Waals surface area (Å²) in [5, 5.41) is 16.8. The van der Waals surface area contributed by atoms with Gasteiger partial charge in [-0.2, -0.15) is 5.06 Å².